The minimum Gasteiger partial charge on any atom is -0.383 e. The van der Waals surface area contributed by atoms with Crippen molar-refractivity contribution in [2.24, 2.45) is 12.0 Å². The van der Waals surface area contributed by atoms with Gasteiger partial charge in [-0.15, -0.1) is 34.2 Å². The molecule has 1 unspecified atom stereocenters. The number of hydrogen-bond donors (Lipinski definition) is 2. The third kappa shape index (κ3) is 7.03. The molecule has 2 N–H and O–H groups in total. The summed E-state index contributed by atoms with van der Waals surface area (Å²) in [5.41, 5.74) is 2.05. The molecule has 2 heterocycles. The van der Waals surface area contributed by atoms with Crippen LogP contribution in [0.2, 0.25) is 0 Å². The van der Waals surface area contributed by atoms with E-state index in [1.54, 1.807) is 13.2 Å². The second kappa shape index (κ2) is 12.2. The Morgan fingerprint density at radius 2 is 2.13 bits per heavy atom. The topological polar surface area (TPSA) is 79.6 Å². The molecule has 2 aromatic rings. The highest BCUT2D eigenvalue weighted by atomic mass is 127. The molecule has 0 saturated carbocycles. The van der Waals surface area contributed by atoms with Gasteiger partial charge in [0, 0.05) is 45.5 Å². The van der Waals surface area contributed by atoms with Gasteiger partial charge in [0.2, 0.25) is 0 Å². The standard InChI is InChI=1S/C21H32FN7O.HI/c1-15-12-17(22)7-8-19(15)29-10-5-6-18(14-29)25-21(23-9-11-30-4)24-13-20-27-26-16(2)28(20)3;/h7-8,12,18H,5-6,9-11,13-14H2,1-4H3,(H2,23,24,25);1H. The molecular weight excluding hydrogens is 512 g/mol. The minimum absolute atomic E-state index is 0. The molecule has 0 bridgehead atoms. The number of ether oxygens (including phenoxy) is 1. The predicted octanol–water partition coefficient (Wildman–Crippen LogP) is 2.54. The average Bonchev–Trinajstić information content (AvgIpc) is 3.04. The first-order valence-electron chi connectivity index (χ1n) is 10.4. The minimum atomic E-state index is -0.196. The van der Waals surface area contributed by atoms with Gasteiger partial charge in [0.25, 0.3) is 0 Å². The van der Waals surface area contributed by atoms with E-state index in [9.17, 15) is 4.39 Å². The molecule has 10 heteroatoms. The molecule has 31 heavy (non-hydrogen) atoms. The number of methoxy groups -OCH3 is 1. The third-order valence-corrected chi connectivity index (χ3v) is 5.42. The van der Waals surface area contributed by atoms with Crippen LogP contribution in [0.5, 0.6) is 0 Å². The number of anilines is 1. The fourth-order valence-electron chi connectivity index (χ4n) is 3.64. The zero-order chi connectivity index (χ0) is 21.5. The zero-order valence-corrected chi connectivity index (χ0v) is 21.0. The number of aromatic nitrogens is 3. The maximum Gasteiger partial charge on any atom is 0.192 e. The van der Waals surface area contributed by atoms with E-state index in [0.29, 0.717) is 19.7 Å². The van der Waals surface area contributed by atoms with Crippen LogP contribution in [0.15, 0.2) is 23.2 Å². The van der Waals surface area contributed by atoms with Crippen LogP contribution in [0, 0.1) is 19.7 Å². The van der Waals surface area contributed by atoms with Gasteiger partial charge in [0.15, 0.2) is 11.8 Å². The molecule has 0 radical (unpaired) electrons. The fraction of sp³-hybridized carbons (Fsp3) is 0.571. The van der Waals surface area contributed by atoms with Gasteiger partial charge in [0.05, 0.1) is 6.61 Å². The molecule has 172 valence electrons. The first-order chi connectivity index (χ1) is 14.5. The van der Waals surface area contributed by atoms with Crippen LogP contribution in [0.1, 0.15) is 30.1 Å². The van der Waals surface area contributed by atoms with Crippen LogP contribution in [-0.4, -0.2) is 60.1 Å². The lowest BCUT2D eigenvalue weighted by Crippen LogP contribution is -2.51. The quantitative estimate of drug-likeness (QED) is 0.241. The highest BCUT2D eigenvalue weighted by molar-refractivity contribution is 14.0. The van der Waals surface area contributed by atoms with Crippen LogP contribution in [0.3, 0.4) is 0 Å². The SMILES string of the molecule is COCCNC(=NCc1nnc(C)n1C)NC1CCCN(c2ccc(F)cc2C)C1.I. The molecule has 0 spiro atoms. The second-order valence-corrected chi connectivity index (χ2v) is 7.67. The molecular formula is C21H33FIN7O. The van der Waals surface area contributed by atoms with Gasteiger partial charge >= 0.3 is 0 Å². The van der Waals surface area contributed by atoms with E-state index >= 15 is 0 Å². The van der Waals surface area contributed by atoms with E-state index in [4.69, 9.17) is 9.73 Å². The molecule has 3 rings (SSSR count). The fourth-order valence-corrected chi connectivity index (χ4v) is 3.64. The van der Waals surface area contributed by atoms with Crippen molar-refractivity contribution in [3.63, 3.8) is 0 Å². The molecule has 1 saturated heterocycles. The number of halogens is 2. The Hall–Kier alpha value is -1.95. The first-order valence-corrected chi connectivity index (χ1v) is 10.4. The van der Waals surface area contributed by atoms with Crippen molar-refractivity contribution in [2.45, 2.75) is 39.3 Å². The molecule has 8 nitrogen and oxygen atoms in total. The van der Waals surface area contributed by atoms with Gasteiger partial charge in [-0.25, -0.2) is 9.38 Å². The van der Waals surface area contributed by atoms with Gasteiger partial charge in [-0.3, -0.25) is 0 Å². The molecule has 1 aromatic carbocycles. The third-order valence-electron chi connectivity index (χ3n) is 5.42. The summed E-state index contributed by atoms with van der Waals surface area (Å²) in [6.07, 6.45) is 2.10. The maximum atomic E-state index is 13.5. The number of nitrogens with one attached hydrogen (secondary N) is 2. The number of hydrogen-bond acceptors (Lipinski definition) is 5. The van der Waals surface area contributed by atoms with Crippen molar-refractivity contribution < 1.29 is 9.13 Å². The van der Waals surface area contributed by atoms with E-state index in [0.717, 1.165) is 54.8 Å². The Bertz CT molecular complexity index is 873. The van der Waals surface area contributed by atoms with Crippen LogP contribution < -0.4 is 15.5 Å². The number of aryl methyl sites for hydroxylation is 2. The lowest BCUT2D eigenvalue weighted by Gasteiger charge is -2.36. The maximum absolute atomic E-state index is 13.5. The average molecular weight is 545 g/mol. The van der Waals surface area contributed by atoms with Crippen molar-refractivity contribution in [3.8, 4) is 0 Å². The predicted molar refractivity (Wildman–Crippen MR) is 132 cm³/mol. The van der Waals surface area contributed by atoms with Crippen LogP contribution in [0.4, 0.5) is 10.1 Å². The Balaban J connectivity index is 0.00000341. The van der Waals surface area contributed by atoms with E-state index in [2.05, 4.69) is 25.7 Å². The number of piperidine rings is 1. The molecule has 0 amide bonds. The highest BCUT2D eigenvalue weighted by Gasteiger charge is 2.22. The van der Waals surface area contributed by atoms with E-state index in [1.165, 1.54) is 6.07 Å². The van der Waals surface area contributed by atoms with E-state index in [-0.39, 0.29) is 35.8 Å². The molecule has 1 atom stereocenters. The zero-order valence-electron chi connectivity index (χ0n) is 18.7. The van der Waals surface area contributed by atoms with Crippen LogP contribution in [-0.2, 0) is 18.3 Å². The molecule has 1 aromatic heterocycles. The summed E-state index contributed by atoms with van der Waals surface area (Å²) >= 11 is 0. The van der Waals surface area contributed by atoms with Gasteiger partial charge in [-0.1, -0.05) is 0 Å². The molecule has 1 aliphatic heterocycles. The normalized spacial score (nSPS) is 16.7. The van der Waals surface area contributed by atoms with Crippen LogP contribution in [0.25, 0.3) is 0 Å². The second-order valence-electron chi connectivity index (χ2n) is 7.67. The van der Waals surface area contributed by atoms with Gasteiger partial charge in [-0.05, 0) is 50.5 Å². The smallest absolute Gasteiger partial charge is 0.192 e. The van der Waals surface area contributed by atoms with Crippen LogP contribution >= 0.6 is 24.0 Å². The number of rotatable bonds is 7. The Morgan fingerprint density at radius 1 is 1.32 bits per heavy atom. The lowest BCUT2D eigenvalue weighted by molar-refractivity contribution is 0.203. The summed E-state index contributed by atoms with van der Waals surface area (Å²) in [5.74, 6) is 2.21. The molecule has 1 fully saturated rings. The summed E-state index contributed by atoms with van der Waals surface area (Å²) in [4.78, 5) is 7.02. The van der Waals surface area contributed by atoms with Crippen molar-refractivity contribution >= 4 is 35.6 Å². The molecule has 1 aliphatic rings. The van der Waals surface area contributed by atoms with Gasteiger partial charge in [0.1, 0.15) is 18.2 Å². The molecule has 0 aliphatic carbocycles. The largest absolute Gasteiger partial charge is 0.383 e. The summed E-state index contributed by atoms with van der Waals surface area (Å²) in [5, 5.41) is 15.2. The van der Waals surface area contributed by atoms with E-state index < -0.39 is 0 Å². The summed E-state index contributed by atoms with van der Waals surface area (Å²) in [7, 11) is 3.62. The monoisotopic (exact) mass is 545 g/mol. The highest BCUT2D eigenvalue weighted by Crippen LogP contribution is 2.24. The Kier molecular flexibility index (Phi) is 9.94. The summed E-state index contributed by atoms with van der Waals surface area (Å²) < 4.78 is 20.6. The van der Waals surface area contributed by atoms with E-state index in [1.807, 2.05) is 31.5 Å². The summed E-state index contributed by atoms with van der Waals surface area (Å²) in [6, 6.07) is 5.23. The Morgan fingerprint density at radius 3 is 2.81 bits per heavy atom. The lowest BCUT2D eigenvalue weighted by atomic mass is 10.0. The number of guanidine groups is 1. The van der Waals surface area contributed by atoms with Crippen molar-refractivity contribution in [1.29, 1.82) is 0 Å². The van der Waals surface area contributed by atoms with Crippen molar-refractivity contribution in [1.82, 2.24) is 25.4 Å². The Labute approximate surface area is 200 Å². The number of aliphatic imine (C=N–C) groups is 1. The van der Waals surface area contributed by atoms with Gasteiger partial charge in [-0.2, -0.15) is 0 Å². The van der Waals surface area contributed by atoms with Crippen molar-refractivity contribution in [2.75, 3.05) is 38.3 Å². The van der Waals surface area contributed by atoms with Crippen molar-refractivity contribution in [3.05, 3.63) is 41.2 Å². The van der Waals surface area contributed by atoms with Gasteiger partial charge < -0.3 is 24.8 Å². The number of nitrogens with zero attached hydrogens (tertiary/aromatic N) is 5. The summed E-state index contributed by atoms with van der Waals surface area (Å²) in [6.45, 7) is 7.37. The first kappa shape index (κ1) is 25.3. The number of benzene rings is 1.